The van der Waals surface area contributed by atoms with E-state index >= 15 is 0 Å². The van der Waals surface area contributed by atoms with Gasteiger partial charge in [0, 0.05) is 18.0 Å². The summed E-state index contributed by atoms with van der Waals surface area (Å²) in [5.41, 5.74) is 3.44. The van der Waals surface area contributed by atoms with Crippen LogP contribution in [0.3, 0.4) is 0 Å². The zero-order valence-electron chi connectivity index (χ0n) is 19.9. The van der Waals surface area contributed by atoms with E-state index in [-0.39, 0.29) is 35.9 Å². The molecular formula is C24H32Cl2N2O4S. The topological polar surface area (TPSA) is 75.7 Å². The molecule has 6 nitrogen and oxygen atoms in total. The molecule has 2 rings (SSSR count). The molecule has 0 saturated carbocycles. The predicted octanol–water partition coefficient (Wildman–Crippen LogP) is 5.86. The number of sulfonamides is 1. The van der Waals surface area contributed by atoms with E-state index in [9.17, 15) is 13.2 Å². The number of hydrogen-bond donors (Lipinski definition) is 1. The second-order valence-corrected chi connectivity index (χ2v) is 11.2. The van der Waals surface area contributed by atoms with E-state index < -0.39 is 10.0 Å². The fourth-order valence-electron chi connectivity index (χ4n) is 3.73. The number of benzene rings is 2. The van der Waals surface area contributed by atoms with Gasteiger partial charge in [-0.15, -0.1) is 0 Å². The van der Waals surface area contributed by atoms with Crippen molar-refractivity contribution in [1.29, 1.82) is 0 Å². The van der Waals surface area contributed by atoms with Crippen molar-refractivity contribution in [3.8, 4) is 5.75 Å². The van der Waals surface area contributed by atoms with E-state index in [0.717, 1.165) is 28.7 Å². The molecule has 1 unspecified atom stereocenters. The fourth-order valence-corrected chi connectivity index (χ4v) is 5.13. The maximum absolute atomic E-state index is 12.6. The molecule has 2 aromatic rings. The largest absolute Gasteiger partial charge is 0.496 e. The van der Waals surface area contributed by atoms with Crippen LogP contribution in [0.2, 0.25) is 10.0 Å². The molecule has 0 bridgehead atoms. The Balaban J connectivity index is 2.07. The minimum atomic E-state index is -3.60. The Morgan fingerprint density at radius 1 is 1.12 bits per heavy atom. The number of halogens is 2. The zero-order valence-corrected chi connectivity index (χ0v) is 22.2. The Kier molecular flexibility index (Phi) is 9.47. The number of amides is 1. The summed E-state index contributed by atoms with van der Waals surface area (Å²) in [6.45, 7) is 8.23. The van der Waals surface area contributed by atoms with Crippen molar-refractivity contribution < 1.29 is 17.9 Å². The van der Waals surface area contributed by atoms with E-state index in [1.54, 1.807) is 19.2 Å². The first kappa shape index (κ1) is 27.3. The molecule has 1 N–H and O–H groups in total. The first-order valence-electron chi connectivity index (χ1n) is 10.8. The Hall–Kier alpha value is -1.96. The monoisotopic (exact) mass is 514 g/mol. The lowest BCUT2D eigenvalue weighted by Gasteiger charge is -2.24. The summed E-state index contributed by atoms with van der Waals surface area (Å²) in [5, 5.41) is 3.68. The van der Waals surface area contributed by atoms with Gasteiger partial charge in [0.25, 0.3) is 0 Å². The standard InChI is InChI=1S/C24H32Cl2N2O4S/c1-15(2)19-14-20(16(3)12-23(19)32-5)17(4)27-24(29)8-7-11-28(33(6,30)31)22-13-18(25)9-10-21(22)26/h9-10,12-15,17H,7-8,11H2,1-6H3,(H,27,29). The molecule has 0 heterocycles. The third-order valence-electron chi connectivity index (χ3n) is 5.43. The van der Waals surface area contributed by atoms with Crippen LogP contribution >= 0.6 is 23.2 Å². The van der Waals surface area contributed by atoms with Gasteiger partial charge in [-0.2, -0.15) is 0 Å². The number of rotatable bonds is 10. The number of hydrogen-bond acceptors (Lipinski definition) is 4. The predicted molar refractivity (Wildman–Crippen MR) is 136 cm³/mol. The Labute approximate surface area is 207 Å². The quantitative estimate of drug-likeness (QED) is 0.430. The molecule has 1 amide bonds. The van der Waals surface area contributed by atoms with Crippen molar-refractivity contribution >= 4 is 44.8 Å². The summed E-state index contributed by atoms with van der Waals surface area (Å²) < 4.78 is 31.3. The van der Waals surface area contributed by atoms with Crippen molar-refractivity contribution in [3.63, 3.8) is 0 Å². The lowest BCUT2D eigenvalue weighted by molar-refractivity contribution is -0.121. The molecule has 33 heavy (non-hydrogen) atoms. The number of anilines is 1. The molecule has 182 valence electrons. The summed E-state index contributed by atoms with van der Waals surface area (Å²) in [5.74, 6) is 0.960. The number of ether oxygens (including phenoxy) is 1. The minimum absolute atomic E-state index is 0.111. The van der Waals surface area contributed by atoms with E-state index in [1.807, 2.05) is 19.9 Å². The number of carbonyl (C=O) groups excluding carboxylic acids is 1. The van der Waals surface area contributed by atoms with E-state index in [2.05, 4.69) is 25.2 Å². The molecule has 0 saturated heterocycles. The number of aryl methyl sites for hydroxylation is 1. The van der Waals surface area contributed by atoms with Gasteiger partial charge in [-0.3, -0.25) is 9.10 Å². The average Bonchev–Trinajstić information content (AvgIpc) is 2.71. The highest BCUT2D eigenvalue weighted by molar-refractivity contribution is 7.92. The van der Waals surface area contributed by atoms with Crippen molar-refractivity contribution in [2.24, 2.45) is 0 Å². The number of nitrogens with zero attached hydrogens (tertiary/aromatic N) is 1. The highest BCUT2D eigenvalue weighted by Gasteiger charge is 2.21. The second kappa shape index (κ2) is 11.4. The van der Waals surface area contributed by atoms with Gasteiger partial charge in [-0.25, -0.2) is 8.42 Å². The number of nitrogens with one attached hydrogen (secondary N) is 1. The molecule has 0 radical (unpaired) electrons. The van der Waals surface area contributed by atoms with Crippen LogP contribution in [0.4, 0.5) is 5.69 Å². The molecule has 1 atom stereocenters. The van der Waals surface area contributed by atoms with Gasteiger partial charge in [0.2, 0.25) is 15.9 Å². The second-order valence-electron chi connectivity index (χ2n) is 8.43. The molecule has 9 heteroatoms. The van der Waals surface area contributed by atoms with Gasteiger partial charge < -0.3 is 10.1 Å². The molecule has 0 aliphatic carbocycles. The first-order valence-corrected chi connectivity index (χ1v) is 13.4. The van der Waals surface area contributed by atoms with Crippen LogP contribution in [0.15, 0.2) is 30.3 Å². The van der Waals surface area contributed by atoms with Crippen LogP contribution in [0.1, 0.15) is 62.3 Å². The lowest BCUT2D eigenvalue weighted by atomic mass is 9.93. The van der Waals surface area contributed by atoms with E-state index in [1.165, 1.54) is 10.4 Å². The Morgan fingerprint density at radius 3 is 2.36 bits per heavy atom. The third-order valence-corrected chi connectivity index (χ3v) is 7.16. The highest BCUT2D eigenvalue weighted by Crippen LogP contribution is 2.33. The summed E-state index contributed by atoms with van der Waals surface area (Å²) >= 11 is 12.2. The van der Waals surface area contributed by atoms with E-state index in [0.29, 0.717) is 17.1 Å². The molecule has 0 fully saturated rings. The van der Waals surface area contributed by atoms with Gasteiger partial charge in [0.15, 0.2) is 0 Å². The third kappa shape index (κ3) is 7.26. The SMILES string of the molecule is COc1cc(C)c(C(C)NC(=O)CCCN(c2cc(Cl)ccc2Cl)S(C)(=O)=O)cc1C(C)C. The van der Waals surface area contributed by atoms with Crippen LogP contribution in [0.5, 0.6) is 5.75 Å². The smallest absolute Gasteiger partial charge is 0.232 e. The lowest BCUT2D eigenvalue weighted by Crippen LogP contribution is -2.33. The van der Waals surface area contributed by atoms with Crippen LogP contribution < -0.4 is 14.4 Å². The van der Waals surface area contributed by atoms with Crippen LogP contribution in [0, 0.1) is 6.92 Å². The van der Waals surface area contributed by atoms with Crippen LogP contribution in [0.25, 0.3) is 0 Å². The van der Waals surface area contributed by atoms with Crippen molar-refractivity contribution in [3.05, 3.63) is 57.1 Å². The number of methoxy groups -OCH3 is 1. The van der Waals surface area contributed by atoms with Gasteiger partial charge in [-0.05, 0) is 73.2 Å². The highest BCUT2D eigenvalue weighted by atomic mass is 35.5. The van der Waals surface area contributed by atoms with Crippen LogP contribution in [-0.2, 0) is 14.8 Å². The summed E-state index contributed by atoms with van der Waals surface area (Å²) in [6, 6.07) is 8.52. The fraction of sp³-hybridized carbons (Fsp3) is 0.458. The Morgan fingerprint density at radius 2 is 1.79 bits per heavy atom. The summed E-state index contributed by atoms with van der Waals surface area (Å²) in [7, 11) is -1.95. The van der Waals surface area contributed by atoms with Crippen LogP contribution in [-0.4, -0.2) is 34.2 Å². The van der Waals surface area contributed by atoms with Gasteiger partial charge in [0.1, 0.15) is 5.75 Å². The van der Waals surface area contributed by atoms with Crippen molar-refractivity contribution in [1.82, 2.24) is 5.32 Å². The summed E-state index contributed by atoms with van der Waals surface area (Å²) in [4.78, 5) is 12.6. The molecule has 0 aromatic heterocycles. The first-order chi connectivity index (χ1) is 15.3. The number of carbonyl (C=O) groups is 1. The van der Waals surface area contributed by atoms with Gasteiger partial charge >= 0.3 is 0 Å². The summed E-state index contributed by atoms with van der Waals surface area (Å²) in [6.07, 6.45) is 1.60. The normalized spacial score (nSPS) is 12.5. The zero-order chi connectivity index (χ0) is 24.9. The van der Waals surface area contributed by atoms with Crippen molar-refractivity contribution in [2.75, 3.05) is 24.2 Å². The van der Waals surface area contributed by atoms with E-state index in [4.69, 9.17) is 27.9 Å². The maximum atomic E-state index is 12.6. The van der Waals surface area contributed by atoms with Gasteiger partial charge in [0.05, 0.1) is 30.1 Å². The van der Waals surface area contributed by atoms with Crippen molar-refractivity contribution in [2.45, 2.75) is 52.5 Å². The molecule has 2 aromatic carbocycles. The molecule has 0 aliphatic rings. The van der Waals surface area contributed by atoms with Gasteiger partial charge in [-0.1, -0.05) is 37.0 Å². The molecule has 0 aliphatic heterocycles. The minimum Gasteiger partial charge on any atom is -0.496 e. The molecule has 0 spiro atoms. The average molecular weight is 516 g/mol. The molecular weight excluding hydrogens is 483 g/mol. The maximum Gasteiger partial charge on any atom is 0.232 e. The Bertz CT molecular complexity index is 1100.